The molecule has 0 aromatic heterocycles. The van der Waals surface area contributed by atoms with E-state index in [1.807, 2.05) is 33.9 Å². The predicted molar refractivity (Wildman–Crippen MR) is 83.3 cm³/mol. The zero-order valence-electron chi connectivity index (χ0n) is 13.1. The molecule has 1 N–H and O–H groups in total. The Morgan fingerprint density at radius 3 is 2.35 bits per heavy atom. The first-order valence-electron chi connectivity index (χ1n) is 7.10. The monoisotopic (exact) mass is 298 g/mol. The van der Waals surface area contributed by atoms with Crippen molar-refractivity contribution in [2.24, 2.45) is 0 Å². The second-order valence-corrected chi connectivity index (χ2v) is 7.11. The lowest BCUT2D eigenvalue weighted by molar-refractivity contribution is 0.349. The highest BCUT2D eigenvalue weighted by Crippen LogP contribution is 2.22. The molecule has 0 amide bonds. The highest BCUT2D eigenvalue weighted by Gasteiger charge is 2.26. The molecule has 0 atom stereocenters. The molecule has 4 nitrogen and oxygen atoms in total. The van der Waals surface area contributed by atoms with Gasteiger partial charge in [-0.3, -0.25) is 0 Å². The van der Waals surface area contributed by atoms with Crippen LogP contribution in [0.5, 0.6) is 0 Å². The van der Waals surface area contributed by atoms with Crippen LogP contribution in [0.4, 0.5) is 0 Å². The summed E-state index contributed by atoms with van der Waals surface area (Å²) in [6.45, 7) is 6.70. The molecule has 0 heterocycles. The maximum absolute atomic E-state index is 12.7. The summed E-state index contributed by atoms with van der Waals surface area (Å²) < 4.78 is 26.8. The molecule has 0 aliphatic heterocycles. The maximum atomic E-state index is 12.7. The van der Waals surface area contributed by atoms with E-state index in [1.54, 1.807) is 19.2 Å². The summed E-state index contributed by atoms with van der Waals surface area (Å²) in [4.78, 5) is 0.378. The SMILES string of the molecule is CCC(CC)N(C)S(=O)(=O)c1ccc(C)c(CNC)c1. The van der Waals surface area contributed by atoms with Crippen molar-refractivity contribution in [2.45, 2.75) is 51.1 Å². The van der Waals surface area contributed by atoms with E-state index in [4.69, 9.17) is 0 Å². The molecule has 0 bridgehead atoms. The number of nitrogens with zero attached hydrogens (tertiary/aromatic N) is 1. The Kier molecular flexibility index (Phi) is 6.17. The summed E-state index contributed by atoms with van der Waals surface area (Å²) in [5.41, 5.74) is 2.12. The van der Waals surface area contributed by atoms with E-state index in [-0.39, 0.29) is 6.04 Å². The summed E-state index contributed by atoms with van der Waals surface area (Å²) in [5.74, 6) is 0. The first-order chi connectivity index (χ1) is 9.38. The Balaban J connectivity index is 3.18. The number of rotatable bonds is 7. The van der Waals surface area contributed by atoms with Gasteiger partial charge in [-0.2, -0.15) is 4.31 Å². The van der Waals surface area contributed by atoms with Crippen LogP contribution in [0.25, 0.3) is 0 Å². The Labute approximate surface area is 123 Å². The Morgan fingerprint density at radius 1 is 1.25 bits per heavy atom. The molecule has 1 aromatic rings. The average Bonchev–Trinajstić information content (AvgIpc) is 2.42. The van der Waals surface area contributed by atoms with Gasteiger partial charge in [0.25, 0.3) is 0 Å². The lowest BCUT2D eigenvalue weighted by Crippen LogP contribution is -2.36. The van der Waals surface area contributed by atoms with Gasteiger partial charge < -0.3 is 5.32 Å². The van der Waals surface area contributed by atoms with Crippen LogP contribution in [0.15, 0.2) is 23.1 Å². The normalized spacial score (nSPS) is 12.3. The molecule has 20 heavy (non-hydrogen) atoms. The fourth-order valence-electron chi connectivity index (χ4n) is 2.35. The fraction of sp³-hybridized carbons (Fsp3) is 0.600. The van der Waals surface area contributed by atoms with Crippen molar-refractivity contribution >= 4 is 10.0 Å². The molecule has 0 saturated carbocycles. The molecule has 0 saturated heterocycles. The van der Waals surface area contributed by atoms with Crippen molar-refractivity contribution in [3.63, 3.8) is 0 Å². The third-order valence-corrected chi connectivity index (χ3v) is 5.73. The van der Waals surface area contributed by atoms with Crippen molar-refractivity contribution in [1.82, 2.24) is 9.62 Å². The molecule has 0 spiro atoms. The molecule has 0 radical (unpaired) electrons. The second-order valence-electron chi connectivity index (χ2n) is 5.11. The van der Waals surface area contributed by atoms with Crippen molar-refractivity contribution in [1.29, 1.82) is 0 Å². The van der Waals surface area contributed by atoms with Gasteiger partial charge in [-0.15, -0.1) is 0 Å². The highest BCUT2D eigenvalue weighted by molar-refractivity contribution is 7.89. The highest BCUT2D eigenvalue weighted by atomic mass is 32.2. The van der Waals surface area contributed by atoms with Gasteiger partial charge >= 0.3 is 0 Å². The largest absolute Gasteiger partial charge is 0.316 e. The minimum atomic E-state index is -3.41. The topological polar surface area (TPSA) is 49.4 Å². The van der Waals surface area contributed by atoms with Crippen LogP contribution in [0.2, 0.25) is 0 Å². The van der Waals surface area contributed by atoms with E-state index in [1.165, 1.54) is 4.31 Å². The van der Waals surface area contributed by atoms with Gasteiger partial charge in [0.1, 0.15) is 0 Å². The van der Waals surface area contributed by atoms with Crippen LogP contribution in [0.3, 0.4) is 0 Å². The lowest BCUT2D eigenvalue weighted by atomic mass is 10.1. The average molecular weight is 298 g/mol. The van der Waals surface area contributed by atoms with Crippen LogP contribution in [0.1, 0.15) is 37.8 Å². The van der Waals surface area contributed by atoms with Crippen LogP contribution in [-0.2, 0) is 16.6 Å². The van der Waals surface area contributed by atoms with Crippen molar-refractivity contribution in [3.05, 3.63) is 29.3 Å². The standard InChI is InChI=1S/C15H26N2O2S/c1-6-14(7-2)17(5)20(18,19)15-9-8-12(3)13(10-15)11-16-4/h8-10,14,16H,6-7,11H2,1-5H3. The third-order valence-electron chi connectivity index (χ3n) is 3.82. The zero-order chi connectivity index (χ0) is 15.3. The van der Waals surface area contributed by atoms with Gasteiger partial charge in [0.05, 0.1) is 4.90 Å². The minimum absolute atomic E-state index is 0.0500. The summed E-state index contributed by atoms with van der Waals surface area (Å²) in [5, 5.41) is 3.07. The number of aryl methyl sites for hydroxylation is 1. The molecule has 0 fully saturated rings. The zero-order valence-corrected chi connectivity index (χ0v) is 13.9. The quantitative estimate of drug-likeness (QED) is 0.841. The second kappa shape index (κ2) is 7.20. The van der Waals surface area contributed by atoms with Crippen LogP contribution < -0.4 is 5.32 Å². The minimum Gasteiger partial charge on any atom is -0.316 e. The third kappa shape index (κ3) is 3.59. The molecule has 1 rings (SSSR count). The van der Waals surface area contributed by atoms with Gasteiger partial charge in [-0.1, -0.05) is 19.9 Å². The van der Waals surface area contributed by atoms with Crippen molar-refractivity contribution in [2.75, 3.05) is 14.1 Å². The van der Waals surface area contributed by atoms with Gasteiger partial charge in [0.2, 0.25) is 10.0 Å². The van der Waals surface area contributed by atoms with Crippen LogP contribution >= 0.6 is 0 Å². The summed E-state index contributed by atoms with van der Waals surface area (Å²) in [7, 11) is 0.115. The van der Waals surface area contributed by atoms with Crippen molar-refractivity contribution in [3.8, 4) is 0 Å². The summed E-state index contributed by atoms with van der Waals surface area (Å²) in [6.07, 6.45) is 1.64. The molecule has 114 valence electrons. The molecular weight excluding hydrogens is 272 g/mol. The van der Waals surface area contributed by atoms with E-state index in [0.717, 1.165) is 24.0 Å². The van der Waals surface area contributed by atoms with Crippen LogP contribution in [-0.4, -0.2) is 32.9 Å². The number of sulfonamides is 1. The first kappa shape index (κ1) is 17.1. The van der Waals surface area contributed by atoms with Crippen molar-refractivity contribution < 1.29 is 8.42 Å². The summed E-state index contributed by atoms with van der Waals surface area (Å²) in [6, 6.07) is 5.40. The van der Waals surface area contributed by atoms with E-state index in [2.05, 4.69) is 5.32 Å². The number of nitrogens with one attached hydrogen (secondary N) is 1. The lowest BCUT2D eigenvalue weighted by Gasteiger charge is -2.25. The van der Waals surface area contributed by atoms with Gasteiger partial charge in [-0.05, 0) is 50.1 Å². The smallest absolute Gasteiger partial charge is 0.243 e. The van der Waals surface area contributed by atoms with E-state index < -0.39 is 10.0 Å². The Morgan fingerprint density at radius 2 is 1.85 bits per heavy atom. The van der Waals surface area contributed by atoms with E-state index >= 15 is 0 Å². The molecule has 0 unspecified atom stereocenters. The number of hydrogen-bond donors (Lipinski definition) is 1. The number of hydrogen-bond acceptors (Lipinski definition) is 3. The first-order valence-corrected chi connectivity index (χ1v) is 8.54. The molecule has 0 aliphatic rings. The van der Waals surface area contributed by atoms with E-state index in [9.17, 15) is 8.42 Å². The molecule has 5 heteroatoms. The molecular formula is C15H26N2O2S. The Bertz CT molecular complexity index is 537. The van der Waals surface area contributed by atoms with Gasteiger partial charge in [0, 0.05) is 19.6 Å². The fourth-order valence-corrected chi connectivity index (χ4v) is 3.91. The maximum Gasteiger partial charge on any atom is 0.243 e. The van der Waals surface area contributed by atoms with Gasteiger partial charge in [-0.25, -0.2) is 8.42 Å². The molecule has 0 aliphatic carbocycles. The number of benzene rings is 1. The Hall–Kier alpha value is -0.910. The predicted octanol–water partition coefficient (Wildman–Crippen LogP) is 2.52. The van der Waals surface area contributed by atoms with Gasteiger partial charge in [0.15, 0.2) is 0 Å². The van der Waals surface area contributed by atoms with Crippen LogP contribution in [0, 0.1) is 6.92 Å². The summed E-state index contributed by atoms with van der Waals surface area (Å²) >= 11 is 0. The van der Waals surface area contributed by atoms with E-state index in [0.29, 0.717) is 11.4 Å². The molecule has 1 aromatic carbocycles.